The van der Waals surface area contributed by atoms with Gasteiger partial charge in [-0.3, -0.25) is 0 Å². The molecule has 0 aromatic heterocycles. The molecule has 0 unspecified atom stereocenters. The van der Waals surface area contributed by atoms with Crippen LogP contribution < -0.4 is 29.6 Å². The minimum atomic E-state index is -5.04. The number of ether oxygens (including phenoxy) is 2. The zero-order valence-electron chi connectivity index (χ0n) is 41.1. The molecule has 0 aliphatic heterocycles. The Hall–Kier alpha value is -1.45. The number of rotatable bonds is 45. The van der Waals surface area contributed by atoms with Crippen LogP contribution in [0.2, 0.25) is 0 Å². The minimum absolute atomic E-state index is 0. The van der Waals surface area contributed by atoms with Crippen molar-refractivity contribution in [3.63, 3.8) is 0 Å². The summed E-state index contributed by atoms with van der Waals surface area (Å²) in [4.78, 5) is 25.2. The van der Waals surface area contributed by atoms with Crippen molar-refractivity contribution in [3.05, 3.63) is 53.6 Å². The van der Waals surface area contributed by atoms with Crippen LogP contribution in [-0.2, 0) is 19.6 Å². The Balaban J connectivity index is 0.0000384. The van der Waals surface area contributed by atoms with Gasteiger partial charge >= 0.3 is 41.5 Å². The summed E-state index contributed by atoms with van der Waals surface area (Å²) >= 11 is 0. The molecule has 0 aliphatic carbocycles. The van der Waals surface area contributed by atoms with E-state index < -0.39 is 32.5 Å². The Kier molecular flexibility index (Phi) is 44.6. The van der Waals surface area contributed by atoms with Crippen molar-refractivity contribution in [3.8, 4) is 0 Å². The van der Waals surface area contributed by atoms with Gasteiger partial charge in [0.1, 0.15) is 10.1 Å². The first kappa shape index (κ1) is 61.5. The molecule has 0 N–H and O–H groups in total. The van der Waals surface area contributed by atoms with E-state index in [0.29, 0.717) is 12.8 Å². The van der Waals surface area contributed by atoms with E-state index in [1.54, 1.807) is 0 Å². The monoisotopic (exact) mass is 909 g/mol. The van der Waals surface area contributed by atoms with E-state index in [9.17, 15) is 22.6 Å². The van der Waals surface area contributed by atoms with Crippen LogP contribution in [0.3, 0.4) is 0 Å². The van der Waals surface area contributed by atoms with Gasteiger partial charge < -0.3 is 14.0 Å². The molecule has 0 bridgehead atoms. The van der Waals surface area contributed by atoms with Gasteiger partial charge in [0.05, 0.1) is 29.2 Å². The zero-order chi connectivity index (χ0) is 45.0. The van der Waals surface area contributed by atoms with Gasteiger partial charge in [0.2, 0.25) is 0 Å². The molecule has 0 fully saturated rings. The average Bonchev–Trinajstić information content (AvgIpc) is 3.26. The van der Waals surface area contributed by atoms with Gasteiger partial charge in [0.25, 0.3) is 0 Å². The normalized spacial score (nSPS) is 11.7. The van der Waals surface area contributed by atoms with Gasteiger partial charge in [0.15, 0.2) is 0 Å². The van der Waals surface area contributed by atoms with Crippen molar-refractivity contribution in [2.45, 2.75) is 263 Å². The average molecular weight is 909 g/mol. The fourth-order valence-electron chi connectivity index (χ4n) is 8.15. The number of carbonyl (C=O) groups is 2. The number of hydrogen-bond acceptors (Lipinski definition) is 7. The van der Waals surface area contributed by atoms with Crippen LogP contribution in [0.15, 0.2) is 47.4 Å². The molecule has 0 spiro atoms. The first-order valence-electron chi connectivity index (χ1n) is 26.1. The molecule has 0 aliphatic rings. The van der Waals surface area contributed by atoms with Crippen LogP contribution in [0.5, 0.6) is 0 Å². The third-order valence-electron chi connectivity index (χ3n) is 12.0. The van der Waals surface area contributed by atoms with Crippen molar-refractivity contribution in [2.75, 3.05) is 13.2 Å². The van der Waals surface area contributed by atoms with E-state index in [4.69, 9.17) is 9.47 Å². The molecule has 0 atom stereocenters. The van der Waals surface area contributed by atoms with E-state index in [1.807, 2.05) is 12.2 Å². The van der Waals surface area contributed by atoms with Gasteiger partial charge in [-0.05, 0) is 50.7 Å². The Morgan fingerprint density at radius 1 is 0.444 bits per heavy atom. The molecule has 0 saturated carbocycles. The van der Waals surface area contributed by atoms with Crippen molar-refractivity contribution < 1.29 is 61.6 Å². The van der Waals surface area contributed by atoms with E-state index in [1.165, 1.54) is 218 Å². The van der Waals surface area contributed by atoms with E-state index >= 15 is 0 Å². The molecule has 9 heteroatoms. The molecule has 358 valence electrons. The van der Waals surface area contributed by atoms with Crippen molar-refractivity contribution >= 4 is 22.1 Å². The third-order valence-corrected chi connectivity index (χ3v) is 12.9. The van der Waals surface area contributed by atoms with Crippen LogP contribution in [0.25, 0.3) is 0 Å². The number of unbranched alkanes of at least 4 members (excludes halogenated alkanes) is 34. The Morgan fingerprint density at radius 3 is 1.05 bits per heavy atom. The smallest absolute Gasteiger partial charge is 0.744 e. The van der Waals surface area contributed by atoms with Crippen molar-refractivity contribution in [2.24, 2.45) is 0 Å². The third kappa shape index (κ3) is 37.3. The summed E-state index contributed by atoms with van der Waals surface area (Å²) in [5.74, 6) is -1.89. The number of esters is 2. The summed E-state index contributed by atoms with van der Waals surface area (Å²) < 4.78 is 46.8. The maximum atomic E-state index is 13.0. The minimum Gasteiger partial charge on any atom is -0.744 e. The second kappa shape index (κ2) is 45.7. The molecular formula is C54H93NaO7S. The Morgan fingerprint density at radius 2 is 0.730 bits per heavy atom. The standard InChI is InChI=1S/C54H94O7S.Na/c1-3-5-7-9-11-13-15-17-19-21-23-25-27-29-31-33-35-37-39-41-43-48-60-53(55)50-46-45-47-51(62(57,58)59)52(50)54(56)61-49-44-42-40-38-36-34-32-30-28-26-24-22-20-18-16-14-12-10-8-6-4-2;/h39-42,45-47H,3-38,43-44,48-49H2,1-2H3,(H,57,58,59);/q;+1/p-1/b41-39+,42-40+;. The number of allylic oxidation sites excluding steroid dienone is 2. The summed E-state index contributed by atoms with van der Waals surface area (Å²) in [6.45, 7) is 4.62. The van der Waals surface area contributed by atoms with Gasteiger partial charge in [-0.2, -0.15) is 0 Å². The molecule has 0 radical (unpaired) electrons. The van der Waals surface area contributed by atoms with Gasteiger partial charge in [0, 0.05) is 0 Å². The predicted molar refractivity (Wildman–Crippen MR) is 260 cm³/mol. The van der Waals surface area contributed by atoms with Crippen molar-refractivity contribution in [1.82, 2.24) is 0 Å². The predicted octanol–water partition coefficient (Wildman–Crippen LogP) is 13.9. The molecule has 0 amide bonds. The number of benzene rings is 1. The summed E-state index contributed by atoms with van der Waals surface area (Å²) in [6, 6.07) is 3.58. The van der Waals surface area contributed by atoms with Gasteiger partial charge in [-0.1, -0.05) is 250 Å². The molecule has 7 nitrogen and oxygen atoms in total. The second-order valence-corrected chi connectivity index (χ2v) is 19.2. The summed E-state index contributed by atoms with van der Waals surface area (Å²) in [7, 11) is -5.04. The molecular weight excluding hydrogens is 816 g/mol. The molecule has 0 heterocycles. The molecule has 1 aromatic rings. The first-order valence-corrected chi connectivity index (χ1v) is 27.5. The fraction of sp³-hybridized carbons (Fsp3) is 0.778. The fourth-order valence-corrected chi connectivity index (χ4v) is 8.84. The molecule has 1 rings (SSSR count). The van der Waals surface area contributed by atoms with E-state index in [2.05, 4.69) is 26.0 Å². The number of carbonyl (C=O) groups excluding carboxylic acids is 2. The van der Waals surface area contributed by atoms with Crippen LogP contribution in [0.4, 0.5) is 0 Å². The molecule has 63 heavy (non-hydrogen) atoms. The maximum Gasteiger partial charge on any atom is 1.00 e. The second-order valence-electron chi connectivity index (χ2n) is 17.8. The first-order chi connectivity index (χ1) is 30.3. The Bertz CT molecular complexity index is 1380. The van der Waals surface area contributed by atoms with Gasteiger partial charge in [-0.25, -0.2) is 18.0 Å². The SMILES string of the molecule is CCCCCCCCCCCCCCCCCCC/C=C/CCOC(=O)c1cccc(S(=O)(=O)[O-])c1C(=O)OCC/C=C/CCCCCCCCCCCCCCCCCCC.[Na+]. The maximum absolute atomic E-state index is 13.0. The molecule has 1 aromatic carbocycles. The van der Waals surface area contributed by atoms with Crippen LogP contribution in [0.1, 0.15) is 279 Å². The summed E-state index contributed by atoms with van der Waals surface area (Å²) in [6.07, 6.45) is 56.8. The van der Waals surface area contributed by atoms with Gasteiger partial charge in [-0.15, -0.1) is 0 Å². The van der Waals surface area contributed by atoms with Crippen molar-refractivity contribution in [1.29, 1.82) is 0 Å². The van der Waals surface area contributed by atoms with E-state index in [-0.39, 0.29) is 48.3 Å². The zero-order valence-corrected chi connectivity index (χ0v) is 43.9. The van der Waals surface area contributed by atoms with Crippen LogP contribution >= 0.6 is 0 Å². The van der Waals surface area contributed by atoms with Crippen LogP contribution in [-0.4, -0.2) is 38.1 Å². The topological polar surface area (TPSA) is 110 Å². The summed E-state index contributed by atoms with van der Waals surface area (Å²) in [5, 5.41) is 0. The van der Waals surface area contributed by atoms with E-state index in [0.717, 1.165) is 31.7 Å². The van der Waals surface area contributed by atoms with Crippen LogP contribution in [0, 0.1) is 0 Å². The largest absolute Gasteiger partial charge is 1.00 e. The molecule has 0 saturated heterocycles. The quantitative estimate of drug-likeness (QED) is 0.0211. The number of hydrogen-bond donors (Lipinski definition) is 0. The summed E-state index contributed by atoms with van der Waals surface area (Å²) in [5.41, 5.74) is -0.844. The Labute approximate surface area is 410 Å².